The van der Waals surface area contributed by atoms with Gasteiger partial charge >= 0.3 is 5.97 Å². The van der Waals surface area contributed by atoms with Crippen LogP contribution in [-0.4, -0.2) is 35.5 Å². The quantitative estimate of drug-likeness (QED) is 0.913. The monoisotopic (exact) mass is 275 g/mol. The molecule has 0 fully saturated rings. The summed E-state index contributed by atoms with van der Waals surface area (Å²) in [6.45, 7) is 1.13. The maximum atomic E-state index is 13.4. The van der Waals surface area contributed by atoms with Gasteiger partial charge in [0.2, 0.25) is 0 Å². The minimum atomic E-state index is -1.32. The molecule has 0 spiro atoms. The lowest BCUT2D eigenvalue weighted by molar-refractivity contribution is -0.141. The smallest absolute Gasteiger partial charge is 0.308 e. The topological polar surface area (TPSA) is 57.6 Å². The molecule has 1 unspecified atom stereocenters. The van der Waals surface area contributed by atoms with Gasteiger partial charge in [-0.15, -0.1) is 0 Å². The van der Waals surface area contributed by atoms with Crippen molar-refractivity contribution in [3.8, 4) is 0 Å². The first-order valence-corrected chi connectivity index (χ1v) is 5.36. The summed E-state index contributed by atoms with van der Waals surface area (Å²) in [5.74, 6) is -6.84. The molecule has 7 heteroatoms. The molecule has 1 aromatic rings. The van der Waals surface area contributed by atoms with Gasteiger partial charge in [0.25, 0.3) is 5.91 Å². The second kappa shape index (κ2) is 5.73. The lowest BCUT2D eigenvalue weighted by Gasteiger charge is -2.20. The Morgan fingerprint density at radius 1 is 1.26 bits per heavy atom. The van der Waals surface area contributed by atoms with Gasteiger partial charge in [-0.1, -0.05) is 6.92 Å². The van der Waals surface area contributed by atoms with Gasteiger partial charge in [0.15, 0.2) is 0 Å². The van der Waals surface area contributed by atoms with Crippen LogP contribution >= 0.6 is 0 Å². The summed E-state index contributed by atoms with van der Waals surface area (Å²) in [6.07, 6.45) is 0. The van der Waals surface area contributed by atoms with E-state index in [1.165, 1.54) is 14.0 Å². The molecule has 0 heterocycles. The number of hydrogen-bond acceptors (Lipinski definition) is 2. The number of aliphatic carboxylic acids is 1. The number of rotatable bonds is 4. The van der Waals surface area contributed by atoms with E-state index in [-0.39, 0.29) is 6.54 Å². The molecule has 0 aromatic heterocycles. The average molecular weight is 275 g/mol. The number of hydrogen-bond donors (Lipinski definition) is 1. The van der Waals surface area contributed by atoms with Crippen LogP contribution in [0.25, 0.3) is 0 Å². The van der Waals surface area contributed by atoms with Crippen LogP contribution in [0, 0.1) is 23.4 Å². The fraction of sp³-hybridized carbons (Fsp3) is 0.333. The molecule has 1 N–H and O–H groups in total. The molecule has 1 atom stereocenters. The highest BCUT2D eigenvalue weighted by atomic mass is 19.1. The van der Waals surface area contributed by atoms with Gasteiger partial charge in [0.1, 0.15) is 23.0 Å². The van der Waals surface area contributed by atoms with Crippen LogP contribution < -0.4 is 0 Å². The van der Waals surface area contributed by atoms with Gasteiger partial charge in [0, 0.05) is 25.7 Å². The Hall–Kier alpha value is -2.05. The average Bonchev–Trinajstić information content (AvgIpc) is 2.26. The molecule has 1 rings (SSSR count). The van der Waals surface area contributed by atoms with Crippen LogP contribution in [0.4, 0.5) is 13.2 Å². The molecule has 19 heavy (non-hydrogen) atoms. The highest BCUT2D eigenvalue weighted by Crippen LogP contribution is 2.17. The first kappa shape index (κ1) is 15.0. The second-order valence-electron chi connectivity index (χ2n) is 4.17. The van der Waals surface area contributed by atoms with E-state index in [1.807, 2.05) is 0 Å². The number of amides is 1. The molecule has 0 aliphatic carbocycles. The van der Waals surface area contributed by atoms with Crippen molar-refractivity contribution in [1.82, 2.24) is 4.90 Å². The van der Waals surface area contributed by atoms with Crippen LogP contribution in [0.1, 0.15) is 17.3 Å². The van der Waals surface area contributed by atoms with Crippen LogP contribution in [0.2, 0.25) is 0 Å². The first-order valence-electron chi connectivity index (χ1n) is 5.36. The maximum Gasteiger partial charge on any atom is 0.308 e. The molecule has 0 bridgehead atoms. The van der Waals surface area contributed by atoms with E-state index in [9.17, 15) is 22.8 Å². The Bertz CT molecular complexity index is 496. The molecule has 0 saturated heterocycles. The zero-order valence-electron chi connectivity index (χ0n) is 10.3. The molecule has 0 aliphatic rings. The number of nitrogens with zero attached hydrogens (tertiary/aromatic N) is 1. The normalized spacial score (nSPS) is 12.1. The van der Waals surface area contributed by atoms with Crippen molar-refractivity contribution >= 4 is 11.9 Å². The Balaban J connectivity index is 2.98. The molecule has 0 saturated carbocycles. The molecule has 0 aliphatic heterocycles. The number of carboxylic acids is 1. The number of carboxylic acid groups (broad SMARTS) is 1. The van der Waals surface area contributed by atoms with Crippen molar-refractivity contribution in [3.63, 3.8) is 0 Å². The Kier molecular flexibility index (Phi) is 4.52. The van der Waals surface area contributed by atoms with Crippen LogP contribution in [0.3, 0.4) is 0 Å². The lowest BCUT2D eigenvalue weighted by atomic mass is 10.1. The zero-order valence-corrected chi connectivity index (χ0v) is 10.3. The summed E-state index contributed by atoms with van der Waals surface area (Å²) in [4.78, 5) is 23.3. The molecule has 4 nitrogen and oxygen atoms in total. The largest absolute Gasteiger partial charge is 0.481 e. The van der Waals surface area contributed by atoms with Gasteiger partial charge in [-0.3, -0.25) is 9.59 Å². The molecule has 0 radical (unpaired) electrons. The van der Waals surface area contributed by atoms with Crippen molar-refractivity contribution in [3.05, 3.63) is 35.1 Å². The van der Waals surface area contributed by atoms with Crippen molar-refractivity contribution in [2.45, 2.75) is 6.92 Å². The highest BCUT2D eigenvalue weighted by molar-refractivity contribution is 5.94. The molecular formula is C12H12F3NO3. The lowest BCUT2D eigenvalue weighted by Crippen LogP contribution is -2.34. The fourth-order valence-corrected chi connectivity index (χ4v) is 1.51. The van der Waals surface area contributed by atoms with E-state index in [2.05, 4.69) is 0 Å². The van der Waals surface area contributed by atoms with Gasteiger partial charge in [-0.2, -0.15) is 0 Å². The summed E-state index contributed by atoms with van der Waals surface area (Å²) in [5, 5.41) is 8.69. The Morgan fingerprint density at radius 2 is 1.74 bits per heavy atom. The van der Waals surface area contributed by atoms with Crippen molar-refractivity contribution in [1.29, 1.82) is 0 Å². The second-order valence-corrected chi connectivity index (χ2v) is 4.17. The van der Waals surface area contributed by atoms with E-state index in [0.29, 0.717) is 12.1 Å². The van der Waals surface area contributed by atoms with Gasteiger partial charge in [0.05, 0.1) is 5.92 Å². The maximum absolute atomic E-state index is 13.4. The predicted octanol–water partition coefficient (Wildman–Crippen LogP) is 1.90. The van der Waals surface area contributed by atoms with Gasteiger partial charge in [-0.05, 0) is 0 Å². The third kappa shape index (κ3) is 3.46. The zero-order chi connectivity index (χ0) is 14.7. The van der Waals surface area contributed by atoms with Crippen molar-refractivity contribution < 1.29 is 27.9 Å². The minimum absolute atomic E-state index is 0.218. The number of halogens is 3. The SMILES string of the molecule is CC(CN(C)C(=O)c1c(F)cc(F)cc1F)C(=O)O. The van der Waals surface area contributed by atoms with Crippen molar-refractivity contribution in [2.75, 3.05) is 13.6 Å². The standard InChI is InChI=1S/C12H12F3NO3/c1-6(12(18)19)5-16(2)11(17)10-8(14)3-7(13)4-9(10)15/h3-4,6H,5H2,1-2H3,(H,18,19). The van der Waals surface area contributed by atoms with Crippen LogP contribution in [0.15, 0.2) is 12.1 Å². The number of carbonyl (C=O) groups is 2. The summed E-state index contributed by atoms with van der Waals surface area (Å²) in [5.41, 5.74) is -0.901. The van der Waals surface area contributed by atoms with E-state index in [0.717, 1.165) is 4.90 Å². The molecule has 1 amide bonds. The summed E-state index contributed by atoms with van der Waals surface area (Å²) < 4.78 is 39.5. The Labute approximate surface area is 107 Å². The first-order chi connectivity index (χ1) is 8.73. The van der Waals surface area contributed by atoms with E-state index in [4.69, 9.17) is 5.11 Å². The molecular weight excluding hydrogens is 263 g/mol. The highest BCUT2D eigenvalue weighted by Gasteiger charge is 2.24. The summed E-state index contributed by atoms with van der Waals surface area (Å²) in [7, 11) is 1.21. The van der Waals surface area contributed by atoms with E-state index >= 15 is 0 Å². The third-order valence-corrected chi connectivity index (χ3v) is 2.54. The Morgan fingerprint density at radius 3 is 2.16 bits per heavy atom. The van der Waals surface area contributed by atoms with Gasteiger partial charge < -0.3 is 10.0 Å². The number of carbonyl (C=O) groups excluding carboxylic acids is 1. The summed E-state index contributed by atoms with van der Waals surface area (Å²) >= 11 is 0. The molecule has 1 aromatic carbocycles. The fourth-order valence-electron chi connectivity index (χ4n) is 1.51. The van der Waals surface area contributed by atoms with Crippen LogP contribution in [0.5, 0.6) is 0 Å². The van der Waals surface area contributed by atoms with E-state index < -0.39 is 40.8 Å². The van der Waals surface area contributed by atoms with E-state index in [1.54, 1.807) is 0 Å². The third-order valence-electron chi connectivity index (χ3n) is 2.54. The summed E-state index contributed by atoms with van der Waals surface area (Å²) in [6, 6.07) is 0.787. The van der Waals surface area contributed by atoms with Crippen LogP contribution in [-0.2, 0) is 4.79 Å². The minimum Gasteiger partial charge on any atom is -0.481 e. The predicted molar refractivity (Wildman–Crippen MR) is 60.1 cm³/mol. The van der Waals surface area contributed by atoms with Crippen molar-refractivity contribution in [2.24, 2.45) is 5.92 Å². The number of benzene rings is 1. The van der Waals surface area contributed by atoms with Gasteiger partial charge in [-0.25, -0.2) is 13.2 Å². The molecule has 104 valence electrons.